The maximum Gasteiger partial charge on any atom is 0.254 e. The maximum atomic E-state index is 12.5. The molecule has 0 unspecified atom stereocenters. The second kappa shape index (κ2) is 5.99. The van der Waals surface area contributed by atoms with E-state index in [-0.39, 0.29) is 17.7 Å². The lowest BCUT2D eigenvalue weighted by atomic mass is 10.0. The zero-order valence-corrected chi connectivity index (χ0v) is 12.8. The predicted molar refractivity (Wildman–Crippen MR) is 83.1 cm³/mol. The van der Waals surface area contributed by atoms with Gasteiger partial charge in [0, 0.05) is 25.7 Å². The molecular formula is C16H21N3O2. The summed E-state index contributed by atoms with van der Waals surface area (Å²) >= 11 is 0. The number of amides is 2. The number of nitrogens with one attached hydrogen (secondary N) is 2. The number of aromatic amines is 1. The monoisotopic (exact) mass is 287 g/mol. The van der Waals surface area contributed by atoms with E-state index in [4.69, 9.17) is 0 Å². The topological polar surface area (TPSA) is 65.2 Å². The van der Waals surface area contributed by atoms with Crippen LogP contribution in [0.2, 0.25) is 0 Å². The van der Waals surface area contributed by atoms with Crippen LogP contribution in [0.25, 0.3) is 10.9 Å². The minimum absolute atomic E-state index is 0.0201. The molecule has 5 heteroatoms. The van der Waals surface area contributed by atoms with Gasteiger partial charge in [-0.1, -0.05) is 26.0 Å². The fraction of sp³-hybridized carbons (Fsp3) is 0.375. The van der Waals surface area contributed by atoms with E-state index in [9.17, 15) is 9.59 Å². The number of carbonyl (C=O) groups is 2. The van der Waals surface area contributed by atoms with Crippen molar-refractivity contribution >= 4 is 22.7 Å². The zero-order valence-electron chi connectivity index (χ0n) is 12.8. The maximum absolute atomic E-state index is 12.5. The van der Waals surface area contributed by atoms with Crippen LogP contribution in [0.4, 0.5) is 0 Å². The number of carbonyl (C=O) groups excluding carboxylic acids is 2. The predicted octanol–water partition coefficient (Wildman–Crippen LogP) is 2.01. The van der Waals surface area contributed by atoms with Crippen LogP contribution in [0.1, 0.15) is 24.2 Å². The van der Waals surface area contributed by atoms with Gasteiger partial charge in [-0.25, -0.2) is 0 Å². The molecular weight excluding hydrogens is 266 g/mol. The number of rotatable bonds is 4. The first kappa shape index (κ1) is 15.1. The molecule has 1 aromatic heterocycles. The third-order valence-electron chi connectivity index (χ3n) is 3.49. The summed E-state index contributed by atoms with van der Waals surface area (Å²) in [5, 5.41) is 3.82. The summed E-state index contributed by atoms with van der Waals surface area (Å²) in [6.07, 6.45) is 1.80. The molecule has 5 nitrogen and oxygen atoms in total. The second-order valence-electron chi connectivity index (χ2n) is 5.68. The van der Waals surface area contributed by atoms with Crippen LogP contribution in [0.3, 0.4) is 0 Å². The van der Waals surface area contributed by atoms with Crippen molar-refractivity contribution in [3.8, 4) is 0 Å². The average molecular weight is 287 g/mol. The molecule has 0 aliphatic carbocycles. The highest BCUT2D eigenvalue weighted by molar-refractivity contribution is 6.06. The fourth-order valence-electron chi connectivity index (χ4n) is 2.28. The molecule has 0 radical (unpaired) electrons. The van der Waals surface area contributed by atoms with Crippen molar-refractivity contribution in [1.29, 1.82) is 0 Å². The molecule has 21 heavy (non-hydrogen) atoms. The van der Waals surface area contributed by atoms with Crippen LogP contribution in [-0.4, -0.2) is 41.8 Å². The molecule has 2 amide bonds. The third kappa shape index (κ3) is 3.07. The van der Waals surface area contributed by atoms with Gasteiger partial charge in [0.25, 0.3) is 5.91 Å². The smallest absolute Gasteiger partial charge is 0.254 e. The number of fused-ring (bicyclic) bond motifs is 1. The van der Waals surface area contributed by atoms with E-state index in [1.165, 1.54) is 4.90 Å². The summed E-state index contributed by atoms with van der Waals surface area (Å²) in [6.45, 7) is 3.84. The average Bonchev–Trinajstić information content (AvgIpc) is 2.91. The summed E-state index contributed by atoms with van der Waals surface area (Å²) in [7, 11) is 3.38. The van der Waals surface area contributed by atoms with Crippen LogP contribution in [0.15, 0.2) is 30.5 Å². The molecule has 0 fully saturated rings. The van der Waals surface area contributed by atoms with Crippen molar-refractivity contribution < 1.29 is 9.59 Å². The van der Waals surface area contributed by atoms with Crippen LogP contribution in [0.5, 0.6) is 0 Å². The van der Waals surface area contributed by atoms with Crippen LogP contribution in [0, 0.1) is 5.92 Å². The van der Waals surface area contributed by atoms with E-state index in [0.717, 1.165) is 10.9 Å². The van der Waals surface area contributed by atoms with E-state index >= 15 is 0 Å². The van der Waals surface area contributed by atoms with Crippen LogP contribution < -0.4 is 5.32 Å². The Kier molecular flexibility index (Phi) is 4.31. The standard InChI is InChI=1S/C16H21N3O2/c1-10(2)13(16(21)19(3)4)18-15(20)12-7-5-6-11-8-9-17-14(11)12/h5-10,13,17H,1-4H3,(H,18,20)/t13-/m1/s1. The van der Waals surface area contributed by atoms with Gasteiger partial charge in [0.05, 0.1) is 11.1 Å². The van der Waals surface area contributed by atoms with Gasteiger partial charge < -0.3 is 15.2 Å². The molecule has 0 aliphatic rings. The summed E-state index contributed by atoms with van der Waals surface area (Å²) in [5.74, 6) is -0.319. The number of hydrogen-bond acceptors (Lipinski definition) is 2. The van der Waals surface area contributed by atoms with E-state index in [2.05, 4.69) is 10.3 Å². The molecule has 1 heterocycles. The fourth-order valence-corrected chi connectivity index (χ4v) is 2.28. The lowest BCUT2D eigenvalue weighted by Gasteiger charge is -2.24. The number of para-hydroxylation sites is 1. The van der Waals surface area contributed by atoms with Crippen molar-refractivity contribution in [1.82, 2.24) is 15.2 Å². The van der Waals surface area contributed by atoms with Gasteiger partial charge in [-0.05, 0) is 18.1 Å². The highest BCUT2D eigenvalue weighted by Gasteiger charge is 2.26. The lowest BCUT2D eigenvalue weighted by Crippen LogP contribution is -2.49. The largest absolute Gasteiger partial charge is 0.361 e. The van der Waals surface area contributed by atoms with E-state index in [1.807, 2.05) is 32.0 Å². The number of nitrogens with zero attached hydrogens (tertiary/aromatic N) is 1. The molecule has 2 aromatic rings. The minimum atomic E-state index is -0.530. The molecule has 0 saturated carbocycles. The Morgan fingerprint density at radius 1 is 1.19 bits per heavy atom. The second-order valence-corrected chi connectivity index (χ2v) is 5.68. The SMILES string of the molecule is CC(C)[C@@H](NC(=O)c1cccc2cc[nH]c12)C(=O)N(C)C. The summed E-state index contributed by atoms with van der Waals surface area (Å²) in [4.78, 5) is 29.2. The molecule has 2 rings (SSSR count). The molecule has 1 atom stereocenters. The Morgan fingerprint density at radius 3 is 2.52 bits per heavy atom. The number of hydrogen-bond donors (Lipinski definition) is 2. The quantitative estimate of drug-likeness (QED) is 0.903. The van der Waals surface area contributed by atoms with Gasteiger partial charge in [-0.3, -0.25) is 9.59 Å². The van der Waals surface area contributed by atoms with Gasteiger partial charge in [-0.15, -0.1) is 0 Å². The first-order valence-electron chi connectivity index (χ1n) is 7.00. The Balaban J connectivity index is 2.27. The molecule has 0 bridgehead atoms. The van der Waals surface area contributed by atoms with Crippen LogP contribution in [-0.2, 0) is 4.79 Å². The van der Waals surface area contributed by atoms with Gasteiger partial charge in [0.2, 0.25) is 5.91 Å². The Morgan fingerprint density at radius 2 is 1.90 bits per heavy atom. The summed E-state index contributed by atoms with van der Waals surface area (Å²) in [6, 6.07) is 6.91. The van der Waals surface area contributed by atoms with Crippen molar-refractivity contribution in [2.24, 2.45) is 5.92 Å². The van der Waals surface area contributed by atoms with Crippen molar-refractivity contribution in [2.45, 2.75) is 19.9 Å². The molecule has 112 valence electrons. The highest BCUT2D eigenvalue weighted by atomic mass is 16.2. The number of H-pyrrole nitrogens is 1. The van der Waals surface area contributed by atoms with Gasteiger partial charge >= 0.3 is 0 Å². The van der Waals surface area contributed by atoms with Gasteiger partial charge in [-0.2, -0.15) is 0 Å². The Hall–Kier alpha value is -2.30. The summed E-state index contributed by atoms with van der Waals surface area (Å²) in [5.41, 5.74) is 1.34. The van der Waals surface area contributed by atoms with Gasteiger partial charge in [0.15, 0.2) is 0 Å². The lowest BCUT2D eigenvalue weighted by molar-refractivity contribution is -0.131. The van der Waals surface area contributed by atoms with Gasteiger partial charge in [0.1, 0.15) is 6.04 Å². The zero-order chi connectivity index (χ0) is 15.6. The molecule has 0 spiro atoms. The van der Waals surface area contributed by atoms with Crippen LogP contribution >= 0.6 is 0 Å². The molecule has 1 aromatic carbocycles. The first-order chi connectivity index (χ1) is 9.91. The van der Waals surface area contributed by atoms with E-state index < -0.39 is 6.04 Å². The first-order valence-corrected chi connectivity index (χ1v) is 7.00. The van der Waals surface area contributed by atoms with Crippen molar-refractivity contribution in [3.63, 3.8) is 0 Å². The third-order valence-corrected chi connectivity index (χ3v) is 3.49. The molecule has 0 aliphatic heterocycles. The van der Waals surface area contributed by atoms with E-state index in [1.54, 1.807) is 26.4 Å². The van der Waals surface area contributed by atoms with Crippen molar-refractivity contribution in [3.05, 3.63) is 36.0 Å². The van der Waals surface area contributed by atoms with E-state index in [0.29, 0.717) is 5.56 Å². The number of aromatic nitrogens is 1. The highest BCUT2D eigenvalue weighted by Crippen LogP contribution is 2.17. The summed E-state index contributed by atoms with van der Waals surface area (Å²) < 4.78 is 0. The van der Waals surface area contributed by atoms with Crippen molar-refractivity contribution in [2.75, 3.05) is 14.1 Å². The minimum Gasteiger partial charge on any atom is -0.361 e. The molecule has 0 saturated heterocycles. The Labute approximate surface area is 124 Å². The normalized spacial score (nSPS) is 12.4. The number of benzene rings is 1. The molecule has 2 N–H and O–H groups in total. The number of likely N-dealkylation sites (N-methyl/N-ethyl adjacent to an activating group) is 1. The Bertz CT molecular complexity index is 658.